The zero-order chi connectivity index (χ0) is 16.0. The van der Waals surface area contributed by atoms with Crippen molar-refractivity contribution in [1.82, 2.24) is 0 Å². The molecule has 0 aliphatic heterocycles. The lowest BCUT2D eigenvalue weighted by Gasteiger charge is -2.16. The van der Waals surface area contributed by atoms with Crippen molar-refractivity contribution < 1.29 is 28.7 Å². The second kappa shape index (κ2) is 7.39. The maximum Gasteiger partial charge on any atom is 0.326 e. The van der Waals surface area contributed by atoms with Gasteiger partial charge in [-0.15, -0.1) is 0 Å². The number of halogens is 1. The highest BCUT2D eigenvalue weighted by Gasteiger charge is 2.23. The molecule has 1 aromatic rings. The number of carboxylic acid groups (broad SMARTS) is 1. The first-order chi connectivity index (χ1) is 9.90. The smallest absolute Gasteiger partial charge is 0.326 e. The van der Waals surface area contributed by atoms with Crippen LogP contribution in [0.1, 0.15) is 6.42 Å². The van der Waals surface area contributed by atoms with Gasteiger partial charge in [-0.05, 0) is 0 Å². The number of nitrogens with one attached hydrogen (secondary N) is 1. The predicted molar refractivity (Wildman–Crippen MR) is 71.1 cm³/mol. The van der Waals surface area contributed by atoms with Gasteiger partial charge in [-0.3, -0.25) is 10.1 Å². The molecule has 0 radical (unpaired) electrons. The van der Waals surface area contributed by atoms with Crippen LogP contribution in [0.5, 0.6) is 5.75 Å². The van der Waals surface area contributed by atoms with Gasteiger partial charge in [0.15, 0.2) is 11.6 Å². The molecule has 1 rings (SSSR count). The monoisotopic (exact) mass is 302 g/mol. The summed E-state index contributed by atoms with van der Waals surface area (Å²) in [6.07, 6.45) is 0.102. The second-order valence-electron chi connectivity index (χ2n) is 4.08. The van der Waals surface area contributed by atoms with Gasteiger partial charge >= 0.3 is 11.7 Å². The third-order valence-corrected chi connectivity index (χ3v) is 2.70. The molecule has 0 saturated carbocycles. The van der Waals surface area contributed by atoms with Crippen LogP contribution in [0.25, 0.3) is 0 Å². The summed E-state index contributed by atoms with van der Waals surface area (Å²) >= 11 is 0. The second-order valence-corrected chi connectivity index (χ2v) is 4.08. The molecule has 0 amide bonds. The van der Waals surface area contributed by atoms with E-state index >= 15 is 0 Å². The lowest BCUT2D eigenvalue weighted by Crippen LogP contribution is -2.30. The van der Waals surface area contributed by atoms with Crippen molar-refractivity contribution >= 4 is 17.3 Å². The number of benzene rings is 1. The highest BCUT2D eigenvalue weighted by atomic mass is 19.1. The van der Waals surface area contributed by atoms with E-state index < -0.39 is 28.4 Å². The molecule has 0 heterocycles. The van der Waals surface area contributed by atoms with Crippen LogP contribution in [0.4, 0.5) is 15.8 Å². The Hall–Kier alpha value is -2.42. The molecule has 1 aromatic carbocycles. The topological polar surface area (TPSA) is 111 Å². The molecule has 0 spiro atoms. The van der Waals surface area contributed by atoms with Gasteiger partial charge < -0.3 is 19.9 Å². The summed E-state index contributed by atoms with van der Waals surface area (Å²) in [5, 5.41) is 22.3. The number of anilines is 1. The molecule has 0 aliphatic rings. The van der Waals surface area contributed by atoms with Crippen LogP contribution in [-0.4, -0.2) is 42.9 Å². The van der Waals surface area contributed by atoms with Crippen molar-refractivity contribution in [1.29, 1.82) is 0 Å². The molecule has 9 heteroatoms. The van der Waals surface area contributed by atoms with Crippen molar-refractivity contribution in [3.8, 4) is 5.75 Å². The van der Waals surface area contributed by atoms with Crippen LogP contribution in [0.15, 0.2) is 12.1 Å². The van der Waals surface area contributed by atoms with Gasteiger partial charge in [-0.25, -0.2) is 9.18 Å². The van der Waals surface area contributed by atoms with Gasteiger partial charge in [0, 0.05) is 26.2 Å². The van der Waals surface area contributed by atoms with Crippen molar-refractivity contribution in [3.05, 3.63) is 28.1 Å². The quantitative estimate of drug-likeness (QED) is 0.554. The fraction of sp³-hybridized carbons (Fsp3) is 0.417. The van der Waals surface area contributed by atoms with Crippen molar-refractivity contribution in [3.63, 3.8) is 0 Å². The fourth-order valence-corrected chi connectivity index (χ4v) is 1.64. The van der Waals surface area contributed by atoms with E-state index in [1.54, 1.807) is 0 Å². The third-order valence-electron chi connectivity index (χ3n) is 2.70. The summed E-state index contributed by atoms with van der Waals surface area (Å²) in [5.41, 5.74) is -0.731. The Balaban J connectivity index is 3.06. The van der Waals surface area contributed by atoms with Gasteiger partial charge in [0.1, 0.15) is 6.04 Å². The number of nitro benzene ring substituents is 1. The minimum atomic E-state index is -1.19. The summed E-state index contributed by atoms with van der Waals surface area (Å²) in [6, 6.07) is 0.637. The average molecular weight is 302 g/mol. The van der Waals surface area contributed by atoms with Gasteiger partial charge in [-0.2, -0.15) is 0 Å². The highest BCUT2D eigenvalue weighted by Crippen LogP contribution is 2.32. The number of hydrogen-bond donors (Lipinski definition) is 2. The van der Waals surface area contributed by atoms with E-state index in [4.69, 9.17) is 14.6 Å². The molecular weight excluding hydrogens is 287 g/mol. The summed E-state index contributed by atoms with van der Waals surface area (Å²) in [5.74, 6) is -2.30. The maximum absolute atomic E-state index is 13.8. The average Bonchev–Trinajstić information content (AvgIpc) is 2.43. The molecule has 2 N–H and O–H groups in total. The molecule has 8 nitrogen and oxygen atoms in total. The van der Waals surface area contributed by atoms with Crippen molar-refractivity contribution in [2.24, 2.45) is 0 Å². The summed E-state index contributed by atoms with van der Waals surface area (Å²) < 4.78 is 23.4. The molecule has 0 aliphatic carbocycles. The lowest BCUT2D eigenvalue weighted by molar-refractivity contribution is -0.385. The van der Waals surface area contributed by atoms with Crippen molar-refractivity contribution in [2.45, 2.75) is 12.5 Å². The van der Waals surface area contributed by atoms with Crippen LogP contribution >= 0.6 is 0 Å². The molecule has 1 unspecified atom stereocenters. The SMILES string of the molecule is COCCC(Nc1cc(OC)c([N+](=O)[O-])cc1F)C(=O)O. The van der Waals surface area contributed by atoms with Crippen LogP contribution in [0.2, 0.25) is 0 Å². The molecule has 1 atom stereocenters. The number of carbonyl (C=O) groups is 1. The Morgan fingerprint density at radius 3 is 2.67 bits per heavy atom. The van der Waals surface area contributed by atoms with Crippen molar-refractivity contribution in [2.75, 3.05) is 26.1 Å². The fourth-order valence-electron chi connectivity index (χ4n) is 1.64. The number of aliphatic carboxylic acids is 1. The predicted octanol–water partition coefficient (Wildman–Crippen LogP) is 1.64. The number of hydrogen-bond acceptors (Lipinski definition) is 6. The number of methoxy groups -OCH3 is 2. The molecule has 0 fully saturated rings. The number of ether oxygens (including phenoxy) is 2. The Bertz CT molecular complexity index is 537. The molecule has 0 aromatic heterocycles. The Morgan fingerprint density at radius 1 is 1.52 bits per heavy atom. The zero-order valence-corrected chi connectivity index (χ0v) is 11.5. The van der Waals surface area contributed by atoms with Gasteiger partial charge in [0.25, 0.3) is 0 Å². The van der Waals surface area contributed by atoms with Gasteiger partial charge in [0.05, 0.1) is 23.8 Å². The molecule has 0 saturated heterocycles. The largest absolute Gasteiger partial charge is 0.490 e. The highest BCUT2D eigenvalue weighted by molar-refractivity contribution is 5.77. The minimum Gasteiger partial charge on any atom is -0.490 e. The Labute approximate surface area is 119 Å². The van der Waals surface area contributed by atoms with E-state index in [9.17, 15) is 19.3 Å². The molecule has 116 valence electrons. The lowest BCUT2D eigenvalue weighted by atomic mass is 10.2. The maximum atomic E-state index is 13.8. The van der Waals surface area contributed by atoms with E-state index in [-0.39, 0.29) is 24.5 Å². The van der Waals surface area contributed by atoms with Gasteiger partial charge in [0.2, 0.25) is 0 Å². The normalized spacial score (nSPS) is 11.8. The number of rotatable bonds is 8. The number of carboxylic acids is 1. The van der Waals surface area contributed by atoms with Crippen LogP contribution in [-0.2, 0) is 9.53 Å². The van der Waals surface area contributed by atoms with E-state index in [1.165, 1.54) is 14.2 Å². The van der Waals surface area contributed by atoms with Crippen LogP contribution < -0.4 is 10.1 Å². The van der Waals surface area contributed by atoms with E-state index in [0.29, 0.717) is 6.07 Å². The van der Waals surface area contributed by atoms with Gasteiger partial charge in [-0.1, -0.05) is 0 Å². The van der Waals surface area contributed by atoms with E-state index in [1.807, 2.05) is 0 Å². The Morgan fingerprint density at radius 2 is 2.19 bits per heavy atom. The van der Waals surface area contributed by atoms with Crippen LogP contribution in [0.3, 0.4) is 0 Å². The zero-order valence-electron chi connectivity index (χ0n) is 11.5. The summed E-state index contributed by atoms with van der Waals surface area (Å²) in [7, 11) is 2.61. The number of nitro groups is 1. The minimum absolute atomic E-state index is 0.102. The summed E-state index contributed by atoms with van der Waals surface area (Å²) in [4.78, 5) is 21.0. The first-order valence-electron chi connectivity index (χ1n) is 5.91. The molecule has 0 bridgehead atoms. The first kappa shape index (κ1) is 16.6. The van der Waals surface area contributed by atoms with E-state index in [2.05, 4.69) is 5.32 Å². The number of nitrogens with zero attached hydrogens (tertiary/aromatic N) is 1. The summed E-state index contributed by atoms with van der Waals surface area (Å²) in [6.45, 7) is 0.162. The van der Waals surface area contributed by atoms with E-state index in [0.717, 1.165) is 6.07 Å². The Kier molecular flexibility index (Phi) is 5.85. The third kappa shape index (κ3) is 4.28. The standard InChI is InChI=1S/C12H15FN2O6/c1-20-4-3-8(12(16)17)14-9-6-11(21-2)10(15(18)19)5-7(9)13/h5-6,8,14H,3-4H2,1-2H3,(H,16,17). The molecular formula is C12H15FN2O6. The molecule has 21 heavy (non-hydrogen) atoms. The van der Waals surface area contributed by atoms with Crippen LogP contribution in [0, 0.1) is 15.9 Å². The first-order valence-corrected chi connectivity index (χ1v) is 5.91.